The molecule has 4 nitrogen and oxygen atoms in total. The van der Waals surface area contributed by atoms with Gasteiger partial charge in [0.25, 0.3) is 0 Å². The van der Waals surface area contributed by atoms with Gasteiger partial charge in [-0.2, -0.15) is 0 Å². The van der Waals surface area contributed by atoms with Crippen LogP contribution in [0.1, 0.15) is 27.9 Å². The lowest BCUT2D eigenvalue weighted by molar-refractivity contribution is 0.0597. The van der Waals surface area contributed by atoms with Gasteiger partial charge in [-0.3, -0.25) is 0 Å². The van der Waals surface area contributed by atoms with Gasteiger partial charge in [-0.05, 0) is 42.5 Å². The molecule has 0 aliphatic heterocycles. The van der Waals surface area contributed by atoms with E-state index in [0.717, 1.165) is 30.4 Å². The molecule has 1 unspecified atom stereocenters. The number of aryl methyl sites for hydroxylation is 1. The molecule has 3 N–H and O–H groups in total. The van der Waals surface area contributed by atoms with Gasteiger partial charge < -0.3 is 15.6 Å². The summed E-state index contributed by atoms with van der Waals surface area (Å²) in [5, 5.41) is 9.70. The lowest BCUT2D eigenvalue weighted by Gasteiger charge is -2.22. The van der Waals surface area contributed by atoms with E-state index in [1.165, 1.54) is 7.11 Å². The predicted octanol–water partition coefficient (Wildman–Crippen LogP) is 0.995. The minimum atomic E-state index is -0.514. The van der Waals surface area contributed by atoms with Crippen molar-refractivity contribution in [3.05, 3.63) is 28.8 Å². The van der Waals surface area contributed by atoms with Crippen molar-refractivity contribution in [2.24, 2.45) is 5.73 Å². The fourth-order valence-electron chi connectivity index (χ4n) is 2.10. The van der Waals surface area contributed by atoms with Crippen molar-refractivity contribution in [1.82, 2.24) is 0 Å². The summed E-state index contributed by atoms with van der Waals surface area (Å²) in [7, 11) is 1.30. The molecule has 1 aliphatic carbocycles. The first kappa shape index (κ1) is 11.0. The van der Waals surface area contributed by atoms with Crippen molar-refractivity contribution in [1.29, 1.82) is 0 Å². The molecule has 4 heteroatoms. The van der Waals surface area contributed by atoms with Crippen LogP contribution in [0.2, 0.25) is 0 Å². The third kappa shape index (κ3) is 1.88. The number of carbonyl (C=O) groups excluding carboxylic acids is 1. The van der Waals surface area contributed by atoms with Gasteiger partial charge in [0, 0.05) is 6.04 Å². The van der Waals surface area contributed by atoms with Crippen LogP contribution in [0.25, 0.3) is 0 Å². The maximum atomic E-state index is 11.4. The molecule has 0 aromatic heterocycles. The van der Waals surface area contributed by atoms with E-state index in [-0.39, 0.29) is 17.4 Å². The Balaban J connectivity index is 2.43. The van der Waals surface area contributed by atoms with Crippen molar-refractivity contribution >= 4 is 5.97 Å². The number of nitrogens with two attached hydrogens (primary N) is 1. The molecule has 86 valence electrons. The maximum absolute atomic E-state index is 11.4. The number of carbonyl (C=O) groups is 1. The predicted molar refractivity (Wildman–Crippen MR) is 59.4 cm³/mol. The van der Waals surface area contributed by atoms with E-state index in [1.54, 1.807) is 12.1 Å². The molecule has 1 aliphatic rings. The molecule has 0 amide bonds. The van der Waals surface area contributed by atoms with Crippen LogP contribution in [-0.2, 0) is 17.6 Å². The van der Waals surface area contributed by atoms with Crippen molar-refractivity contribution in [2.75, 3.05) is 7.11 Å². The SMILES string of the molecule is COC(=O)c1cc2c(cc1O)CCC(N)C2. The van der Waals surface area contributed by atoms with E-state index in [0.29, 0.717) is 0 Å². The van der Waals surface area contributed by atoms with Crippen LogP contribution in [0.3, 0.4) is 0 Å². The van der Waals surface area contributed by atoms with Gasteiger partial charge in [0.1, 0.15) is 11.3 Å². The van der Waals surface area contributed by atoms with E-state index in [4.69, 9.17) is 5.73 Å². The van der Waals surface area contributed by atoms with Gasteiger partial charge in [0.2, 0.25) is 0 Å². The van der Waals surface area contributed by atoms with Gasteiger partial charge in [0.15, 0.2) is 0 Å². The minimum absolute atomic E-state index is 0.0129. The maximum Gasteiger partial charge on any atom is 0.341 e. The molecule has 0 radical (unpaired) electrons. The summed E-state index contributed by atoms with van der Waals surface area (Å²) in [5.41, 5.74) is 8.20. The van der Waals surface area contributed by atoms with E-state index >= 15 is 0 Å². The van der Waals surface area contributed by atoms with Gasteiger partial charge in [0.05, 0.1) is 7.11 Å². The lowest BCUT2D eigenvalue weighted by Crippen LogP contribution is -2.28. The first-order valence-corrected chi connectivity index (χ1v) is 5.30. The second-order valence-corrected chi connectivity index (χ2v) is 4.13. The van der Waals surface area contributed by atoms with Crippen molar-refractivity contribution in [3.63, 3.8) is 0 Å². The molecule has 1 aromatic rings. The molecule has 16 heavy (non-hydrogen) atoms. The van der Waals surface area contributed by atoms with Gasteiger partial charge in [-0.1, -0.05) is 0 Å². The fourth-order valence-corrected chi connectivity index (χ4v) is 2.10. The zero-order valence-corrected chi connectivity index (χ0v) is 9.19. The molecule has 0 spiro atoms. The summed E-state index contributed by atoms with van der Waals surface area (Å²) >= 11 is 0. The van der Waals surface area contributed by atoms with Crippen molar-refractivity contribution in [3.8, 4) is 5.75 Å². The molecule has 0 saturated carbocycles. The smallest absolute Gasteiger partial charge is 0.341 e. The summed E-state index contributed by atoms with van der Waals surface area (Å²) in [4.78, 5) is 11.4. The van der Waals surface area contributed by atoms with Gasteiger partial charge in [-0.25, -0.2) is 4.79 Å². The molecular weight excluding hydrogens is 206 g/mol. The van der Waals surface area contributed by atoms with E-state index in [2.05, 4.69) is 4.74 Å². The van der Waals surface area contributed by atoms with Crippen molar-refractivity contribution in [2.45, 2.75) is 25.3 Å². The molecular formula is C12H15NO3. The number of methoxy groups -OCH3 is 1. The first-order chi connectivity index (χ1) is 7.61. The summed E-state index contributed by atoms with van der Waals surface area (Å²) in [6, 6.07) is 3.48. The number of phenols is 1. The monoisotopic (exact) mass is 221 g/mol. The van der Waals surface area contributed by atoms with Crippen LogP contribution in [0, 0.1) is 0 Å². The number of benzene rings is 1. The number of esters is 1. The number of ether oxygens (including phenoxy) is 1. The highest BCUT2D eigenvalue weighted by Crippen LogP contribution is 2.28. The highest BCUT2D eigenvalue weighted by Gasteiger charge is 2.20. The second kappa shape index (κ2) is 4.14. The highest BCUT2D eigenvalue weighted by atomic mass is 16.5. The molecule has 0 saturated heterocycles. The molecule has 1 atom stereocenters. The van der Waals surface area contributed by atoms with Crippen LogP contribution < -0.4 is 5.73 Å². The molecule has 2 rings (SSSR count). The number of aromatic hydroxyl groups is 1. The zero-order chi connectivity index (χ0) is 11.7. The van der Waals surface area contributed by atoms with Crippen LogP contribution in [0.5, 0.6) is 5.75 Å². The average Bonchev–Trinajstić information content (AvgIpc) is 2.28. The number of rotatable bonds is 1. The third-order valence-electron chi connectivity index (χ3n) is 2.99. The summed E-state index contributed by atoms with van der Waals surface area (Å²) < 4.78 is 4.60. The van der Waals surface area contributed by atoms with E-state index in [9.17, 15) is 9.90 Å². The number of fused-ring (bicyclic) bond motifs is 1. The normalized spacial score (nSPS) is 19.0. The largest absolute Gasteiger partial charge is 0.507 e. The Morgan fingerprint density at radius 1 is 1.50 bits per heavy atom. The minimum Gasteiger partial charge on any atom is -0.507 e. The molecule has 1 aromatic carbocycles. The zero-order valence-electron chi connectivity index (χ0n) is 9.19. The number of phenolic OH excluding ortho intramolecular Hbond substituents is 1. The summed E-state index contributed by atoms with van der Waals surface area (Å²) in [6.45, 7) is 0. The Hall–Kier alpha value is -1.55. The van der Waals surface area contributed by atoms with Crippen LogP contribution >= 0.6 is 0 Å². The third-order valence-corrected chi connectivity index (χ3v) is 2.99. The standard InChI is InChI=1S/C12H15NO3/c1-16-12(15)10-5-8-4-9(13)3-2-7(8)6-11(10)14/h5-6,9,14H,2-4,13H2,1H3. The molecule has 0 fully saturated rings. The highest BCUT2D eigenvalue weighted by molar-refractivity contribution is 5.92. The molecule has 0 bridgehead atoms. The van der Waals surface area contributed by atoms with Crippen molar-refractivity contribution < 1.29 is 14.6 Å². The average molecular weight is 221 g/mol. The second-order valence-electron chi connectivity index (χ2n) is 4.13. The number of hydrogen-bond acceptors (Lipinski definition) is 4. The quantitative estimate of drug-likeness (QED) is 0.694. The Bertz CT molecular complexity index is 429. The Morgan fingerprint density at radius 3 is 2.94 bits per heavy atom. The fraction of sp³-hybridized carbons (Fsp3) is 0.417. The van der Waals surface area contributed by atoms with Crippen LogP contribution in [-0.4, -0.2) is 24.2 Å². The van der Waals surface area contributed by atoms with Gasteiger partial charge >= 0.3 is 5.97 Å². The molecule has 0 heterocycles. The van der Waals surface area contributed by atoms with Gasteiger partial charge in [-0.15, -0.1) is 0 Å². The summed E-state index contributed by atoms with van der Waals surface area (Å²) in [6.07, 6.45) is 2.52. The topological polar surface area (TPSA) is 72.5 Å². The van der Waals surface area contributed by atoms with Crippen LogP contribution in [0.4, 0.5) is 0 Å². The number of hydrogen-bond donors (Lipinski definition) is 2. The van der Waals surface area contributed by atoms with E-state index in [1.807, 2.05) is 0 Å². The van der Waals surface area contributed by atoms with Crippen LogP contribution in [0.15, 0.2) is 12.1 Å². The Kier molecular flexibility index (Phi) is 2.83. The first-order valence-electron chi connectivity index (χ1n) is 5.30. The Morgan fingerprint density at radius 2 is 2.25 bits per heavy atom. The summed E-state index contributed by atoms with van der Waals surface area (Å²) in [5.74, 6) is -0.527. The Labute approximate surface area is 94.0 Å². The van der Waals surface area contributed by atoms with E-state index < -0.39 is 5.97 Å². The lowest BCUT2D eigenvalue weighted by atomic mass is 9.87.